The van der Waals surface area contributed by atoms with Gasteiger partial charge in [0.25, 0.3) is 17.7 Å². The molecule has 0 fully saturated rings. The van der Waals surface area contributed by atoms with Gasteiger partial charge in [0, 0.05) is 35.6 Å². The molecule has 3 rings (SSSR count). The van der Waals surface area contributed by atoms with Crippen molar-refractivity contribution in [2.24, 2.45) is 5.73 Å². The van der Waals surface area contributed by atoms with Crippen molar-refractivity contribution in [2.45, 2.75) is 19.1 Å². The van der Waals surface area contributed by atoms with Gasteiger partial charge in [-0.2, -0.15) is 13.2 Å². The molecule has 142 valence electrons. The molecular formula is C17H15F3N4O3. The van der Waals surface area contributed by atoms with Gasteiger partial charge in [-0.3, -0.25) is 19.7 Å². The summed E-state index contributed by atoms with van der Waals surface area (Å²) in [5.41, 5.74) is 4.29. The number of nitrogens with zero attached hydrogens (tertiary/aromatic N) is 1. The maximum absolute atomic E-state index is 12.3. The highest BCUT2D eigenvalue weighted by molar-refractivity contribution is 6.09. The fraction of sp³-hybridized carbons (Fsp3) is 0.235. The number of hydrogen-bond donors (Lipinski definition) is 3. The van der Waals surface area contributed by atoms with Gasteiger partial charge in [-0.05, 0) is 24.6 Å². The minimum Gasteiger partial charge on any atom is -0.395 e. The monoisotopic (exact) mass is 380 g/mol. The third kappa shape index (κ3) is 3.78. The quantitative estimate of drug-likeness (QED) is 0.686. The molecular weight excluding hydrogens is 365 g/mol. The summed E-state index contributed by atoms with van der Waals surface area (Å²) < 4.78 is 38.8. The number of halogens is 3. The molecule has 2 heterocycles. The number of aryl methyl sites for hydroxylation is 1. The Kier molecular flexibility index (Phi) is 4.64. The summed E-state index contributed by atoms with van der Waals surface area (Å²) in [5, 5.41) is 5.32. The molecule has 0 aliphatic carbocycles. The predicted octanol–water partition coefficient (Wildman–Crippen LogP) is 1.44. The van der Waals surface area contributed by atoms with Gasteiger partial charge in [-0.25, -0.2) is 0 Å². The summed E-state index contributed by atoms with van der Waals surface area (Å²) in [5.74, 6) is -2.37. The summed E-state index contributed by atoms with van der Waals surface area (Å²) in [7, 11) is 0. The normalized spacial score (nSPS) is 15.1. The van der Waals surface area contributed by atoms with Crippen LogP contribution in [-0.4, -0.2) is 35.0 Å². The molecule has 2 aromatic rings. The number of alkyl halides is 3. The SMILES string of the molecule is NC(=CC(=O)NC(=O)c1ccc2cc3n(c2c1)CCCNC3=O)C(F)(F)F. The van der Waals surface area contributed by atoms with Crippen molar-refractivity contribution in [2.75, 3.05) is 6.54 Å². The Balaban J connectivity index is 1.87. The Morgan fingerprint density at radius 2 is 2.00 bits per heavy atom. The first kappa shape index (κ1) is 18.5. The number of nitrogens with one attached hydrogen (secondary N) is 2. The standard InChI is InChI=1S/C17H15F3N4O3/c18-17(19,20)13(21)8-14(25)23-15(26)10-3-2-9-6-12-16(27)22-4-1-5-24(12)11(9)7-10/h2-3,6-8H,1,4-5,21H2,(H,22,27)(H,23,25,26). The zero-order valence-corrected chi connectivity index (χ0v) is 13.9. The molecule has 1 aliphatic heterocycles. The molecule has 27 heavy (non-hydrogen) atoms. The second kappa shape index (κ2) is 6.78. The fourth-order valence-electron chi connectivity index (χ4n) is 2.80. The molecule has 1 aromatic heterocycles. The Morgan fingerprint density at radius 1 is 1.26 bits per heavy atom. The second-order valence-corrected chi connectivity index (χ2v) is 5.98. The van der Waals surface area contributed by atoms with E-state index in [2.05, 4.69) is 5.32 Å². The Hall–Kier alpha value is -3.30. The van der Waals surface area contributed by atoms with Gasteiger partial charge in [0.1, 0.15) is 11.4 Å². The number of fused-ring (bicyclic) bond motifs is 3. The van der Waals surface area contributed by atoms with E-state index in [9.17, 15) is 27.6 Å². The number of carbonyl (C=O) groups is 3. The van der Waals surface area contributed by atoms with Crippen LogP contribution in [0.25, 0.3) is 10.9 Å². The maximum Gasteiger partial charge on any atom is 0.430 e. The molecule has 0 saturated heterocycles. The fourth-order valence-corrected chi connectivity index (χ4v) is 2.80. The van der Waals surface area contributed by atoms with Crippen LogP contribution in [0.1, 0.15) is 27.3 Å². The van der Waals surface area contributed by atoms with Crippen molar-refractivity contribution in [3.8, 4) is 0 Å². The van der Waals surface area contributed by atoms with Crippen molar-refractivity contribution in [3.63, 3.8) is 0 Å². The molecule has 1 aliphatic rings. The van der Waals surface area contributed by atoms with Crippen LogP contribution in [0.15, 0.2) is 36.0 Å². The van der Waals surface area contributed by atoms with Crippen LogP contribution in [0.4, 0.5) is 13.2 Å². The van der Waals surface area contributed by atoms with Crippen molar-refractivity contribution in [1.82, 2.24) is 15.2 Å². The third-order valence-corrected chi connectivity index (χ3v) is 4.09. The summed E-state index contributed by atoms with van der Waals surface area (Å²) in [6.07, 6.45) is -4.04. The molecule has 3 amide bonds. The Labute approximate surface area is 151 Å². The highest BCUT2D eigenvalue weighted by Gasteiger charge is 2.32. The summed E-state index contributed by atoms with van der Waals surface area (Å²) in [6.45, 7) is 1.09. The lowest BCUT2D eigenvalue weighted by molar-refractivity contribution is -0.117. The van der Waals surface area contributed by atoms with E-state index in [0.717, 1.165) is 5.39 Å². The molecule has 0 saturated carbocycles. The van der Waals surface area contributed by atoms with E-state index in [4.69, 9.17) is 5.73 Å². The average molecular weight is 380 g/mol. The maximum atomic E-state index is 12.3. The van der Waals surface area contributed by atoms with E-state index in [-0.39, 0.29) is 17.5 Å². The van der Waals surface area contributed by atoms with Gasteiger partial charge in [0.2, 0.25) is 0 Å². The van der Waals surface area contributed by atoms with Gasteiger partial charge >= 0.3 is 6.18 Å². The van der Waals surface area contributed by atoms with Crippen LogP contribution in [0, 0.1) is 0 Å². The number of benzene rings is 1. The molecule has 0 unspecified atom stereocenters. The van der Waals surface area contributed by atoms with E-state index in [1.165, 1.54) is 12.1 Å². The van der Waals surface area contributed by atoms with Crippen LogP contribution < -0.4 is 16.4 Å². The second-order valence-electron chi connectivity index (χ2n) is 5.98. The van der Waals surface area contributed by atoms with E-state index in [0.29, 0.717) is 30.7 Å². The number of imide groups is 1. The highest BCUT2D eigenvalue weighted by atomic mass is 19.4. The molecule has 0 spiro atoms. The Bertz CT molecular complexity index is 976. The molecule has 10 heteroatoms. The first-order valence-corrected chi connectivity index (χ1v) is 7.98. The predicted molar refractivity (Wildman–Crippen MR) is 89.7 cm³/mol. The van der Waals surface area contributed by atoms with E-state index >= 15 is 0 Å². The highest BCUT2D eigenvalue weighted by Crippen LogP contribution is 2.23. The molecule has 7 nitrogen and oxygen atoms in total. The van der Waals surface area contributed by atoms with Crippen molar-refractivity contribution in [1.29, 1.82) is 0 Å². The van der Waals surface area contributed by atoms with Crippen LogP contribution in [0.2, 0.25) is 0 Å². The minimum atomic E-state index is -4.86. The van der Waals surface area contributed by atoms with Crippen molar-refractivity contribution in [3.05, 3.63) is 47.3 Å². The number of nitrogens with two attached hydrogens (primary N) is 1. The summed E-state index contributed by atoms with van der Waals surface area (Å²) in [6, 6.07) is 6.19. The average Bonchev–Trinajstić information content (AvgIpc) is 2.85. The Morgan fingerprint density at radius 3 is 2.70 bits per heavy atom. The zero-order chi connectivity index (χ0) is 19.8. The van der Waals surface area contributed by atoms with Gasteiger partial charge in [0.15, 0.2) is 0 Å². The van der Waals surface area contributed by atoms with Gasteiger partial charge in [-0.1, -0.05) is 6.07 Å². The molecule has 0 bridgehead atoms. The summed E-state index contributed by atoms with van der Waals surface area (Å²) in [4.78, 5) is 35.8. The van der Waals surface area contributed by atoms with Crippen LogP contribution in [0.3, 0.4) is 0 Å². The number of carbonyl (C=O) groups excluding carboxylic acids is 3. The number of rotatable bonds is 2. The van der Waals surface area contributed by atoms with Crippen LogP contribution in [0.5, 0.6) is 0 Å². The first-order valence-electron chi connectivity index (χ1n) is 7.98. The van der Waals surface area contributed by atoms with Crippen molar-refractivity contribution < 1.29 is 27.6 Å². The van der Waals surface area contributed by atoms with Gasteiger partial charge < -0.3 is 15.6 Å². The largest absolute Gasteiger partial charge is 0.430 e. The lowest BCUT2D eigenvalue weighted by atomic mass is 10.1. The molecule has 0 atom stereocenters. The lowest BCUT2D eigenvalue weighted by Gasteiger charge is -2.08. The van der Waals surface area contributed by atoms with Gasteiger partial charge in [0.05, 0.1) is 0 Å². The zero-order valence-electron chi connectivity index (χ0n) is 13.9. The topological polar surface area (TPSA) is 106 Å². The number of amides is 3. The molecule has 0 radical (unpaired) electrons. The number of hydrogen-bond acceptors (Lipinski definition) is 4. The van der Waals surface area contributed by atoms with E-state index < -0.39 is 23.7 Å². The summed E-state index contributed by atoms with van der Waals surface area (Å²) >= 11 is 0. The van der Waals surface area contributed by atoms with Crippen LogP contribution in [-0.2, 0) is 11.3 Å². The van der Waals surface area contributed by atoms with Crippen LogP contribution >= 0.6 is 0 Å². The van der Waals surface area contributed by atoms with Crippen molar-refractivity contribution >= 4 is 28.6 Å². The van der Waals surface area contributed by atoms with E-state index in [1.54, 1.807) is 16.7 Å². The van der Waals surface area contributed by atoms with E-state index in [1.807, 2.05) is 5.32 Å². The smallest absolute Gasteiger partial charge is 0.395 e. The minimum absolute atomic E-state index is 0.0698. The molecule has 4 N–H and O–H groups in total. The number of aromatic nitrogens is 1. The number of allylic oxidation sites excluding steroid dienone is 1. The first-order chi connectivity index (χ1) is 12.7. The third-order valence-electron chi connectivity index (χ3n) is 4.09. The lowest BCUT2D eigenvalue weighted by Crippen LogP contribution is -2.31. The molecule has 1 aromatic carbocycles. The van der Waals surface area contributed by atoms with Gasteiger partial charge in [-0.15, -0.1) is 0 Å².